The first kappa shape index (κ1) is 11.2. The van der Waals surface area contributed by atoms with Gasteiger partial charge in [-0.2, -0.15) is 0 Å². The van der Waals surface area contributed by atoms with Crippen molar-refractivity contribution in [1.82, 2.24) is 0 Å². The number of hydrogen-bond acceptors (Lipinski definition) is 2. The van der Waals surface area contributed by atoms with Crippen LogP contribution < -0.4 is 11.5 Å². The highest BCUT2D eigenvalue weighted by Gasteiger charge is 2.31. The maximum Gasteiger partial charge on any atom is 0.242 e. The number of carbonyl (C=O) groups excluding carboxylic acids is 1. The molecule has 0 saturated carbocycles. The quantitative estimate of drug-likeness (QED) is 0.861. The molecule has 0 aromatic heterocycles. The molecule has 1 amide bonds. The van der Waals surface area contributed by atoms with Crippen LogP contribution >= 0.6 is 15.9 Å². The van der Waals surface area contributed by atoms with Gasteiger partial charge in [0.2, 0.25) is 5.91 Å². The monoisotopic (exact) mass is 256 g/mol. The molecule has 0 aliphatic carbocycles. The molecule has 0 spiro atoms. The fraction of sp³-hybridized carbons (Fsp3) is 0.300. The van der Waals surface area contributed by atoms with Crippen LogP contribution in [0.4, 0.5) is 0 Å². The molecule has 0 heterocycles. The van der Waals surface area contributed by atoms with E-state index in [0.717, 1.165) is 10.0 Å². The SMILES string of the molecule is CCC(N)(C(N)=O)c1cccc(Br)c1. The van der Waals surface area contributed by atoms with E-state index in [2.05, 4.69) is 15.9 Å². The van der Waals surface area contributed by atoms with Gasteiger partial charge in [-0.05, 0) is 24.1 Å². The van der Waals surface area contributed by atoms with Gasteiger partial charge in [0.15, 0.2) is 0 Å². The standard InChI is InChI=1S/C10H13BrN2O/c1-2-10(13,9(12)14)7-4-3-5-8(11)6-7/h3-6H,2,13H2,1H3,(H2,12,14). The zero-order chi connectivity index (χ0) is 10.8. The summed E-state index contributed by atoms with van der Waals surface area (Å²) in [4.78, 5) is 11.2. The molecular weight excluding hydrogens is 244 g/mol. The lowest BCUT2D eigenvalue weighted by Crippen LogP contribution is -2.48. The van der Waals surface area contributed by atoms with Crippen LogP contribution in [0.3, 0.4) is 0 Å². The molecule has 3 nitrogen and oxygen atoms in total. The summed E-state index contributed by atoms with van der Waals surface area (Å²) in [7, 11) is 0. The van der Waals surface area contributed by atoms with Crippen LogP contribution in [0.2, 0.25) is 0 Å². The van der Waals surface area contributed by atoms with Crippen molar-refractivity contribution < 1.29 is 4.79 Å². The van der Waals surface area contributed by atoms with Gasteiger partial charge in [0.25, 0.3) is 0 Å². The first-order valence-corrected chi connectivity index (χ1v) is 5.15. The largest absolute Gasteiger partial charge is 0.368 e. The van der Waals surface area contributed by atoms with Crippen LogP contribution in [0.1, 0.15) is 18.9 Å². The third-order valence-electron chi connectivity index (χ3n) is 2.34. The molecule has 0 fully saturated rings. The normalized spacial score (nSPS) is 14.8. The van der Waals surface area contributed by atoms with Crippen molar-refractivity contribution in [2.24, 2.45) is 11.5 Å². The van der Waals surface area contributed by atoms with Gasteiger partial charge in [0, 0.05) is 4.47 Å². The van der Waals surface area contributed by atoms with E-state index >= 15 is 0 Å². The average molecular weight is 257 g/mol. The van der Waals surface area contributed by atoms with E-state index in [-0.39, 0.29) is 0 Å². The smallest absolute Gasteiger partial charge is 0.242 e. The Kier molecular flexibility index (Phi) is 3.29. The summed E-state index contributed by atoms with van der Waals surface area (Å²) in [6.07, 6.45) is 0.485. The topological polar surface area (TPSA) is 69.1 Å². The average Bonchev–Trinajstić information content (AvgIpc) is 2.16. The highest BCUT2D eigenvalue weighted by Crippen LogP contribution is 2.24. The van der Waals surface area contributed by atoms with Gasteiger partial charge in [0.1, 0.15) is 5.54 Å². The molecule has 14 heavy (non-hydrogen) atoms. The van der Waals surface area contributed by atoms with E-state index in [0.29, 0.717) is 6.42 Å². The van der Waals surface area contributed by atoms with Crippen molar-refractivity contribution in [3.05, 3.63) is 34.3 Å². The summed E-state index contributed by atoms with van der Waals surface area (Å²) in [6, 6.07) is 7.33. The van der Waals surface area contributed by atoms with E-state index in [4.69, 9.17) is 11.5 Å². The molecule has 0 aliphatic heterocycles. The maximum absolute atomic E-state index is 11.2. The minimum absolute atomic E-state index is 0.485. The molecule has 0 bridgehead atoms. The molecular formula is C10H13BrN2O. The zero-order valence-corrected chi connectivity index (χ0v) is 9.54. The molecule has 0 aliphatic rings. The van der Waals surface area contributed by atoms with Crippen molar-refractivity contribution in [3.63, 3.8) is 0 Å². The molecule has 4 N–H and O–H groups in total. The van der Waals surface area contributed by atoms with Gasteiger partial charge in [0.05, 0.1) is 0 Å². The number of halogens is 1. The van der Waals surface area contributed by atoms with Gasteiger partial charge < -0.3 is 11.5 Å². The lowest BCUT2D eigenvalue weighted by Gasteiger charge is -2.24. The Labute approximate surface area is 91.6 Å². The first-order valence-electron chi connectivity index (χ1n) is 4.35. The summed E-state index contributed by atoms with van der Waals surface area (Å²) in [5.41, 5.74) is 10.9. The Morgan fingerprint density at radius 3 is 2.64 bits per heavy atom. The third kappa shape index (κ3) is 1.96. The summed E-state index contributed by atoms with van der Waals surface area (Å²) in [5, 5.41) is 0. The maximum atomic E-state index is 11.2. The lowest BCUT2D eigenvalue weighted by molar-refractivity contribution is -0.123. The molecule has 1 atom stereocenters. The molecule has 1 aromatic rings. The van der Waals surface area contributed by atoms with E-state index < -0.39 is 11.4 Å². The Morgan fingerprint density at radius 1 is 1.57 bits per heavy atom. The van der Waals surface area contributed by atoms with E-state index in [1.54, 1.807) is 6.07 Å². The summed E-state index contributed by atoms with van der Waals surface area (Å²) in [6.45, 7) is 1.84. The highest BCUT2D eigenvalue weighted by molar-refractivity contribution is 9.10. The molecule has 1 aromatic carbocycles. The predicted molar refractivity (Wildman–Crippen MR) is 59.5 cm³/mol. The molecule has 0 radical (unpaired) electrons. The Morgan fingerprint density at radius 2 is 2.21 bits per heavy atom. The number of primary amides is 1. The third-order valence-corrected chi connectivity index (χ3v) is 2.83. The lowest BCUT2D eigenvalue weighted by atomic mass is 9.88. The van der Waals surface area contributed by atoms with Crippen molar-refractivity contribution >= 4 is 21.8 Å². The number of benzene rings is 1. The number of amides is 1. The van der Waals surface area contributed by atoms with Crippen LogP contribution in [0, 0.1) is 0 Å². The van der Waals surface area contributed by atoms with E-state index in [9.17, 15) is 4.79 Å². The summed E-state index contributed by atoms with van der Waals surface area (Å²) >= 11 is 3.33. The molecule has 1 unspecified atom stereocenters. The van der Waals surface area contributed by atoms with Crippen molar-refractivity contribution in [2.45, 2.75) is 18.9 Å². The second-order valence-corrected chi connectivity index (χ2v) is 4.12. The molecule has 4 heteroatoms. The van der Waals surface area contributed by atoms with E-state index in [1.807, 2.05) is 25.1 Å². The summed E-state index contributed by atoms with van der Waals surface area (Å²) in [5.74, 6) is -0.502. The second kappa shape index (κ2) is 4.11. The van der Waals surface area contributed by atoms with E-state index in [1.165, 1.54) is 0 Å². The van der Waals surface area contributed by atoms with Crippen LogP contribution in [0.15, 0.2) is 28.7 Å². The number of rotatable bonds is 3. The van der Waals surface area contributed by atoms with Crippen LogP contribution in [-0.4, -0.2) is 5.91 Å². The van der Waals surface area contributed by atoms with Gasteiger partial charge >= 0.3 is 0 Å². The Balaban J connectivity index is 3.19. The molecule has 0 saturated heterocycles. The minimum Gasteiger partial charge on any atom is -0.368 e. The fourth-order valence-electron chi connectivity index (χ4n) is 1.29. The minimum atomic E-state index is -1.07. The van der Waals surface area contributed by atoms with Crippen LogP contribution in [-0.2, 0) is 10.3 Å². The highest BCUT2D eigenvalue weighted by atomic mass is 79.9. The number of carbonyl (C=O) groups is 1. The van der Waals surface area contributed by atoms with Gasteiger partial charge in [-0.15, -0.1) is 0 Å². The van der Waals surface area contributed by atoms with Gasteiger partial charge in [-0.3, -0.25) is 4.79 Å². The number of hydrogen-bond donors (Lipinski definition) is 2. The molecule has 1 rings (SSSR count). The first-order chi connectivity index (χ1) is 6.50. The molecule has 76 valence electrons. The van der Waals surface area contributed by atoms with Crippen molar-refractivity contribution in [2.75, 3.05) is 0 Å². The Hall–Kier alpha value is -0.870. The predicted octanol–water partition coefficient (Wildman–Crippen LogP) is 1.50. The zero-order valence-electron chi connectivity index (χ0n) is 7.96. The van der Waals surface area contributed by atoms with Crippen LogP contribution in [0.25, 0.3) is 0 Å². The van der Waals surface area contributed by atoms with Gasteiger partial charge in [-0.1, -0.05) is 35.0 Å². The van der Waals surface area contributed by atoms with Crippen molar-refractivity contribution in [1.29, 1.82) is 0 Å². The van der Waals surface area contributed by atoms with Crippen LogP contribution in [0.5, 0.6) is 0 Å². The van der Waals surface area contributed by atoms with Crippen molar-refractivity contribution in [3.8, 4) is 0 Å². The fourth-order valence-corrected chi connectivity index (χ4v) is 1.69. The second-order valence-electron chi connectivity index (χ2n) is 3.20. The number of nitrogens with two attached hydrogens (primary N) is 2. The van der Waals surface area contributed by atoms with Gasteiger partial charge in [-0.25, -0.2) is 0 Å². The summed E-state index contributed by atoms with van der Waals surface area (Å²) < 4.78 is 0.888. The Bertz CT molecular complexity index is 354.